The minimum Gasteiger partial charge on any atom is -0.454 e. The highest BCUT2D eigenvalue weighted by Gasteiger charge is 2.51. The van der Waals surface area contributed by atoms with E-state index >= 15 is 0 Å². The molecule has 0 radical (unpaired) electrons. The van der Waals surface area contributed by atoms with Gasteiger partial charge in [0.15, 0.2) is 11.5 Å². The normalized spacial score (nSPS) is 15.8. The molecule has 1 fully saturated rings. The highest BCUT2D eigenvalue weighted by atomic mass is 16.7. The zero-order valence-corrected chi connectivity index (χ0v) is 17.3. The summed E-state index contributed by atoms with van der Waals surface area (Å²) in [5.74, 6) is 1.98. The zero-order chi connectivity index (χ0) is 20.7. The molecule has 4 nitrogen and oxygen atoms in total. The van der Waals surface area contributed by atoms with Crippen LogP contribution in [0.2, 0.25) is 0 Å². The number of benzene rings is 3. The largest absolute Gasteiger partial charge is 0.454 e. The minimum atomic E-state index is -0.478. The van der Waals surface area contributed by atoms with Gasteiger partial charge in [0.05, 0.1) is 5.41 Å². The number of hydrogen-bond donors (Lipinski definition) is 1. The molecular weight excluding hydrogens is 374 g/mol. The molecule has 1 amide bonds. The smallest absolute Gasteiger partial charge is 0.235 e. The van der Waals surface area contributed by atoms with Gasteiger partial charge in [0.2, 0.25) is 12.7 Å². The summed E-state index contributed by atoms with van der Waals surface area (Å²) in [6.45, 7) is 4.63. The molecule has 0 unspecified atom stereocenters. The second-order valence-electron chi connectivity index (χ2n) is 8.47. The molecule has 0 spiro atoms. The maximum Gasteiger partial charge on any atom is 0.235 e. The number of nitrogens with one attached hydrogen (secondary N) is 1. The molecule has 3 aromatic rings. The molecule has 1 N–H and O–H groups in total. The number of rotatable bonds is 5. The first-order valence-corrected chi connectivity index (χ1v) is 10.5. The maximum atomic E-state index is 13.2. The lowest BCUT2D eigenvalue weighted by atomic mass is 9.94. The SMILES string of the molecule is CC(C)c1cccc(-c2cccc(NC(=O)C3(c4ccc5c(c4)OCO5)CC3)c2)c1. The Labute approximate surface area is 176 Å². The Morgan fingerprint density at radius 2 is 1.63 bits per heavy atom. The van der Waals surface area contributed by atoms with Crippen molar-refractivity contribution in [3.8, 4) is 22.6 Å². The lowest BCUT2D eigenvalue weighted by Crippen LogP contribution is -2.27. The molecule has 2 aliphatic rings. The van der Waals surface area contributed by atoms with Crippen molar-refractivity contribution in [2.24, 2.45) is 0 Å². The van der Waals surface area contributed by atoms with Crippen LogP contribution in [0.15, 0.2) is 66.7 Å². The van der Waals surface area contributed by atoms with E-state index in [1.54, 1.807) is 0 Å². The van der Waals surface area contributed by atoms with Crippen LogP contribution in [0.1, 0.15) is 43.7 Å². The van der Waals surface area contributed by atoms with Crippen LogP contribution in [-0.2, 0) is 10.2 Å². The van der Waals surface area contributed by atoms with E-state index in [1.165, 1.54) is 5.56 Å². The molecule has 1 aliphatic carbocycles. The van der Waals surface area contributed by atoms with Crippen LogP contribution in [0.5, 0.6) is 11.5 Å². The second-order valence-corrected chi connectivity index (χ2v) is 8.47. The number of amides is 1. The Morgan fingerprint density at radius 1 is 0.900 bits per heavy atom. The van der Waals surface area contributed by atoms with Gasteiger partial charge in [-0.25, -0.2) is 0 Å². The Bertz CT molecular complexity index is 1110. The van der Waals surface area contributed by atoms with E-state index in [0.717, 1.165) is 46.7 Å². The van der Waals surface area contributed by atoms with Gasteiger partial charge in [0.1, 0.15) is 0 Å². The van der Waals surface area contributed by atoms with Crippen molar-refractivity contribution in [1.29, 1.82) is 0 Å². The fourth-order valence-corrected chi connectivity index (χ4v) is 4.07. The first-order valence-electron chi connectivity index (χ1n) is 10.5. The first kappa shape index (κ1) is 18.7. The number of carbonyl (C=O) groups excluding carboxylic acids is 1. The highest BCUT2D eigenvalue weighted by molar-refractivity contribution is 6.01. The summed E-state index contributed by atoms with van der Waals surface area (Å²) < 4.78 is 10.9. The number of anilines is 1. The zero-order valence-electron chi connectivity index (χ0n) is 17.3. The van der Waals surface area contributed by atoms with Gasteiger partial charge in [0, 0.05) is 5.69 Å². The molecule has 152 valence electrons. The molecule has 3 aromatic carbocycles. The highest BCUT2D eigenvalue weighted by Crippen LogP contribution is 2.51. The number of carbonyl (C=O) groups is 1. The van der Waals surface area contributed by atoms with Crippen molar-refractivity contribution in [2.75, 3.05) is 12.1 Å². The van der Waals surface area contributed by atoms with E-state index in [9.17, 15) is 4.79 Å². The summed E-state index contributed by atoms with van der Waals surface area (Å²) in [6, 6.07) is 22.5. The van der Waals surface area contributed by atoms with Gasteiger partial charge in [-0.1, -0.05) is 56.3 Å². The molecular formula is C26H25NO3. The number of hydrogen-bond acceptors (Lipinski definition) is 3. The fraction of sp³-hybridized carbons (Fsp3) is 0.269. The van der Waals surface area contributed by atoms with Gasteiger partial charge in [-0.15, -0.1) is 0 Å². The third-order valence-corrected chi connectivity index (χ3v) is 6.12. The summed E-state index contributed by atoms with van der Waals surface area (Å²) in [7, 11) is 0. The maximum absolute atomic E-state index is 13.2. The van der Waals surface area contributed by atoms with E-state index in [-0.39, 0.29) is 12.7 Å². The van der Waals surface area contributed by atoms with Gasteiger partial charge in [-0.2, -0.15) is 0 Å². The van der Waals surface area contributed by atoms with Crippen LogP contribution in [-0.4, -0.2) is 12.7 Å². The molecule has 4 heteroatoms. The van der Waals surface area contributed by atoms with Crippen LogP contribution >= 0.6 is 0 Å². The minimum absolute atomic E-state index is 0.0365. The summed E-state index contributed by atoms with van der Waals surface area (Å²) >= 11 is 0. The molecule has 0 aromatic heterocycles. The summed E-state index contributed by atoms with van der Waals surface area (Å²) in [4.78, 5) is 13.2. The molecule has 1 aliphatic heterocycles. The molecule has 1 saturated carbocycles. The van der Waals surface area contributed by atoms with E-state index < -0.39 is 5.41 Å². The fourth-order valence-electron chi connectivity index (χ4n) is 4.07. The molecule has 1 heterocycles. The third-order valence-electron chi connectivity index (χ3n) is 6.12. The predicted molar refractivity (Wildman–Crippen MR) is 118 cm³/mol. The van der Waals surface area contributed by atoms with Crippen molar-refractivity contribution in [2.45, 2.75) is 38.0 Å². The lowest BCUT2D eigenvalue weighted by Gasteiger charge is -2.17. The monoisotopic (exact) mass is 399 g/mol. The van der Waals surface area contributed by atoms with Crippen LogP contribution < -0.4 is 14.8 Å². The van der Waals surface area contributed by atoms with Gasteiger partial charge < -0.3 is 14.8 Å². The standard InChI is InChI=1S/C26H25NO3/c1-17(2)18-5-3-6-19(13-18)20-7-4-8-22(14-20)27-25(28)26(11-12-26)21-9-10-23-24(15-21)30-16-29-23/h3-10,13-15,17H,11-12,16H2,1-2H3,(H,27,28). The van der Waals surface area contributed by atoms with Crippen LogP contribution in [0.4, 0.5) is 5.69 Å². The summed E-state index contributed by atoms with van der Waals surface area (Å²) in [5.41, 5.74) is 4.90. The predicted octanol–water partition coefficient (Wildman–Crippen LogP) is 5.88. The van der Waals surface area contributed by atoms with E-state index in [2.05, 4.69) is 49.5 Å². The van der Waals surface area contributed by atoms with Gasteiger partial charge in [-0.05, 0) is 65.3 Å². The topological polar surface area (TPSA) is 47.6 Å². The lowest BCUT2D eigenvalue weighted by molar-refractivity contribution is -0.118. The Hall–Kier alpha value is -3.27. The number of ether oxygens (including phenoxy) is 2. The number of fused-ring (bicyclic) bond motifs is 1. The van der Waals surface area contributed by atoms with Crippen molar-refractivity contribution in [3.05, 3.63) is 77.9 Å². The van der Waals surface area contributed by atoms with Crippen molar-refractivity contribution < 1.29 is 14.3 Å². The molecule has 0 saturated heterocycles. The van der Waals surface area contributed by atoms with Crippen molar-refractivity contribution in [1.82, 2.24) is 0 Å². The molecule has 0 bridgehead atoms. The van der Waals surface area contributed by atoms with Crippen LogP contribution in [0, 0.1) is 0 Å². The Kier molecular flexibility index (Phi) is 4.50. The second kappa shape index (κ2) is 7.21. The van der Waals surface area contributed by atoms with Gasteiger partial charge in [0.25, 0.3) is 0 Å². The summed E-state index contributed by atoms with van der Waals surface area (Å²) in [6.07, 6.45) is 1.68. The van der Waals surface area contributed by atoms with Crippen LogP contribution in [0.3, 0.4) is 0 Å². The van der Waals surface area contributed by atoms with Crippen molar-refractivity contribution >= 4 is 11.6 Å². The van der Waals surface area contributed by atoms with E-state index in [1.807, 2.05) is 36.4 Å². The first-order chi connectivity index (χ1) is 14.5. The Morgan fingerprint density at radius 3 is 2.40 bits per heavy atom. The van der Waals surface area contributed by atoms with Crippen molar-refractivity contribution in [3.63, 3.8) is 0 Å². The van der Waals surface area contributed by atoms with E-state index in [4.69, 9.17) is 9.47 Å². The van der Waals surface area contributed by atoms with Gasteiger partial charge >= 0.3 is 0 Å². The Balaban J connectivity index is 1.38. The van der Waals surface area contributed by atoms with Crippen LogP contribution in [0.25, 0.3) is 11.1 Å². The van der Waals surface area contributed by atoms with Gasteiger partial charge in [-0.3, -0.25) is 4.79 Å². The quantitative estimate of drug-likeness (QED) is 0.583. The third kappa shape index (κ3) is 3.32. The van der Waals surface area contributed by atoms with E-state index in [0.29, 0.717) is 5.92 Å². The molecule has 5 rings (SSSR count). The molecule has 30 heavy (non-hydrogen) atoms. The molecule has 0 atom stereocenters. The summed E-state index contributed by atoms with van der Waals surface area (Å²) in [5, 5.41) is 3.15. The average molecular weight is 399 g/mol. The average Bonchev–Trinajstić information content (AvgIpc) is 3.45.